The highest BCUT2D eigenvalue weighted by Gasteiger charge is 2.42. The Bertz CT molecular complexity index is 464. The van der Waals surface area contributed by atoms with Crippen molar-refractivity contribution < 1.29 is 4.74 Å². The Morgan fingerprint density at radius 3 is 2.60 bits per heavy atom. The third kappa shape index (κ3) is 3.14. The number of ether oxygens (including phenoxy) is 1. The Labute approximate surface area is 132 Å². The Morgan fingerprint density at radius 1 is 1.25 bits per heavy atom. The van der Waals surface area contributed by atoms with Gasteiger partial charge in [-0.15, -0.1) is 0 Å². The molecule has 0 saturated heterocycles. The lowest BCUT2D eigenvalue weighted by molar-refractivity contribution is -0.0951. The molecule has 2 atom stereocenters. The fourth-order valence-corrected chi connectivity index (χ4v) is 3.72. The van der Waals surface area contributed by atoms with Crippen LogP contribution < -0.4 is 0 Å². The predicted molar refractivity (Wildman–Crippen MR) is 85.7 cm³/mol. The fraction of sp³-hybridized carbons (Fsp3) is 0.625. The SMILES string of the molecule is CO[C@]1(c2ccc(Cl)c(Cl)c2)CCCC[C@H]1CN(C)C. The summed E-state index contributed by atoms with van der Waals surface area (Å²) in [7, 11) is 6.05. The highest BCUT2D eigenvalue weighted by Crippen LogP contribution is 2.45. The number of halogens is 2. The van der Waals surface area contributed by atoms with Crippen molar-refractivity contribution in [2.45, 2.75) is 31.3 Å². The van der Waals surface area contributed by atoms with Gasteiger partial charge < -0.3 is 9.64 Å². The molecule has 1 aromatic carbocycles. The van der Waals surface area contributed by atoms with Gasteiger partial charge in [-0.1, -0.05) is 42.1 Å². The summed E-state index contributed by atoms with van der Waals surface area (Å²) >= 11 is 12.3. The summed E-state index contributed by atoms with van der Waals surface area (Å²) in [6.45, 7) is 1.02. The lowest BCUT2D eigenvalue weighted by Gasteiger charge is -2.44. The molecule has 0 bridgehead atoms. The van der Waals surface area contributed by atoms with Crippen LogP contribution in [-0.4, -0.2) is 32.6 Å². The Morgan fingerprint density at radius 2 is 2.00 bits per heavy atom. The zero-order valence-corrected chi connectivity index (χ0v) is 14.0. The van der Waals surface area contributed by atoms with Crippen molar-refractivity contribution in [1.82, 2.24) is 4.90 Å². The predicted octanol–water partition coefficient (Wildman–Crippen LogP) is 4.59. The van der Waals surface area contributed by atoms with Crippen LogP contribution in [0.2, 0.25) is 10.0 Å². The van der Waals surface area contributed by atoms with Crippen LogP contribution in [0, 0.1) is 5.92 Å². The first-order chi connectivity index (χ1) is 9.49. The maximum Gasteiger partial charge on any atom is 0.0968 e. The van der Waals surface area contributed by atoms with Crippen LogP contribution in [0.25, 0.3) is 0 Å². The average molecular weight is 316 g/mol. The third-order valence-electron chi connectivity index (χ3n) is 4.37. The van der Waals surface area contributed by atoms with Crippen LogP contribution in [0.15, 0.2) is 18.2 Å². The van der Waals surface area contributed by atoms with E-state index in [0.29, 0.717) is 16.0 Å². The second kappa shape index (κ2) is 6.65. The monoisotopic (exact) mass is 315 g/mol. The van der Waals surface area contributed by atoms with E-state index in [1.807, 2.05) is 19.2 Å². The summed E-state index contributed by atoms with van der Waals surface area (Å²) in [6, 6.07) is 5.91. The molecule has 0 N–H and O–H groups in total. The number of benzene rings is 1. The summed E-state index contributed by atoms with van der Waals surface area (Å²) < 4.78 is 6.04. The van der Waals surface area contributed by atoms with E-state index in [0.717, 1.165) is 18.5 Å². The van der Waals surface area contributed by atoms with E-state index in [9.17, 15) is 0 Å². The van der Waals surface area contributed by atoms with Gasteiger partial charge in [0.1, 0.15) is 0 Å². The molecule has 20 heavy (non-hydrogen) atoms. The van der Waals surface area contributed by atoms with Gasteiger partial charge >= 0.3 is 0 Å². The van der Waals surface area contributed by atoms with Gasteiger partial charge in [0.15, 0.2) is 0 Å². The highest BCUT2D eigenvalue weighted by atomic mass is 35.5. The van der Waals surface area contributed by atoms with Gasteiger partial charge in [-0.05, 0) is 44.6 Å². The molecule has 1 saturated carbocycles. The highest BCUT2D eigenvalue weighted by molar-refractivity contribution is 6.42. The molecule has 1 fully saturated rings. The maximum atomic E-state index is 6.21. The zero-order chi connectivity index (χ0) is 14.8. The molecule has 4 heteroatoms. The molecule has 0 radical (unpaired) electrons. The van der Waals surface area contributed by atoms with E-state index in [1.165, 1.54) is 19.3 Å². The molecule has 2 rings (SSSR count). The van der Waals surface area contributed by atoms with E-state index in [4.69, 9.17) is 27.9 Å². The molecule has 1 aliphatic rings. The molecule has 0 spiro atoms. The normalized spacial score (nSPS) is 27.0. The quantitative estimate of drug-likeness (QED) is 0.806. The molecule has 0 aromatic heterocycles. The van der Waals surface area contributed by atoms with Gasteiger partial charge in [-0.3, -0.25) is 0 Å². The molecular weight excluding hydrogens is 293 g/mol. The molecule has 1 aliphatic carbocycles. The second-order valence-electron chi connectivity index (χ2n) is 5.93. The van der Waals surface area contributed by atoms with Crippen LogP contribution in [0.5, 0.6) is 0 Å². The summed E-state index contributed by atoms with van der Waals surface area (Å²) in [4.78, 5) is 2.24. The van der Waals surface area contributed by atoms with Crippen LogP contribution in [-0.2, 0) is 10.3 Å². The Hall–Kier alpha value is -0.280. The molecular formula is C16H23Cl2NO. The van der Waals surface area contributed by atoms with Gasteiger partial charge in [-0.25, -0.2) is 0 Å². The van der Waals surface area contributed by atoms with Crippen molar-refractivity contribution in [2.75, 3.05) is 27.7 Å². The number of hydrogen-bond acceptors (Lipinski definition) is 2. The summed E-state index contributed by atoms with van der Waals surface area (Å²) in [6.07, 6.45) is 4.69. The first kappa shape index (κ1) is 16.1. The lowest BCUT2D eigenvalue weighted by Crippen LogP contribution is -2.44. The van der Waals surface area contributed by atoms with E-state index in [1.54, 1.807) is 0 Å². The van der Waals surface area contributed by atoms with Crippen molar-refractivity contribution in [2.24, 2.45) is 5.92 Å². The zero-order valence-electron chi connectivity index (χ0n) is 12.5. The summed E-state index contributed by atoms with van der Waals surface area (Å²) in [5.74, 6) is 0.480. The van der Waals surface area contributed by atoms with Crippen LogP contribution in [0.1, 0.15) is 31.2 Å². The van der Waals surface area contributed by atoms with E-state index < -0.39 is 0 Å². The summed E-state index contributed by atoms with van der Waals surface area (Å²) in [5, 5.41) is 1.21. The minimum atomic E-state index is -0.239. The molecule has 0 heterocycles. The second-order valence-corrected chi connectivity index (χ2v) is 6.74. The van der Waals surface area contributed by atoms with Gasteiger partial charge in [0.2, 0.25) is 0 Å². The molecule has 112 valence electrons. The molecule has 0 unspecified atom stereocenters. The molecule has 0 aliphatic heterocycles. The largest absolute Gasteiger partial charge is 0.373 e. The third-order valence-corrected chi connectivity index (χ3v) is 5.11. The van der Waals surface area contributed by atoms with Gasteiger partial charge in [0.25, 0.3) is 0 Å². The van der Waals surface area contributed by atoms with Crippen molar-refractivity contribution in [1.29, 1.82) is 0 Å². The molecule has 0 amide bonds. The smallest absolute Gasteiger partial charge is 0.0968 e. The maximum absolute atomic E-state index is 6.21. The Kier molecular flexibility index (Phi) is 5.36. The molecule has 1 aromatic rings. The van der Waals surface area contributed by atoms with E-state index in [-0.39, 0.29) is 5.60 Å². The first-order valence-electron chi connectivity index (χ1n) is 7.15. The van der Waals surface area contributed by atoms with Crippen molar-refractivity contribution >= 4 is 23.2 Å². The first-order valence-corrected chi connectivity index (χ1v) is 7.90. The number of rotatable bonds is 4. The van der Waals surface area contributed by atoms with Crippen molar-refractivity contribution in [3.8, 4) is 0 Å². The van der Waals surface area contributed by atoms with Crippen molar-refractivity contribution in [3.63, 3.8) is 0 Å². The number of hydrogen-bond donors (Lipinski definition) is 0. The van der Waals surface area contributed by atoms with Gasteiger partial charge in [0.05, 0.1) is 15.6 Å². The van der Waals surface area contributed by atoms with Crippen LogP contribution >= 0.6 is 23.2 Å². The van der Waals surface area contributed by atoms with Crippen LogP contribution in [0.4, 0.5) is 0 Å². The Balaban J connectivity index is 2.40. The number of nitrogens with zero attached hydrogens (tertiary/aromatic N) is 1. The summed E-state index contributed by atoms with van der Waals surface area (Å²) in [5.41, 5.74) is 0.914. The number of methoxy groups -OCH3 is 1. The van der Waals surface area contributed by atoms with Gasteiger partial charge in [0, 0.05) is 19.6 Å². The average Bonchev–Trinajstić information content (AvgIpc) is 2.42. The topological polar surface area (TPSA) is 12.5 Å². The lowest BCUT2D eigenvalue weighted by atomic mass is 9.71. The van der Waals surface area contributed by atoms with Crippen LogP contribution in [0.3, 0.4) is 0 Å². The van der Waals surface area contributed by atoms with Gasteiger partial charge in [-0.2, -0.15) is 0 Å². The molecule has 2 nitrogen and oxygen atoms in total. The minimum absolute atomic E-state index is 0.239. The minimum Gasteiger partial charge on any atom is -0.373 e. The fourth-order valence-electron chi connectivity index (χ4n) is 3.42. The van der Waals surface area contributed by atoms with E-state index >= 15 is 0 Å². The standard InChI is InChI=1S/C16H23Cl2NO/c1-19(2)11-13-6-4-5-9-16(13,20-3)12-7-8-14(17)15(18)10-12/h7-8,10,13H,4-6,9,11H2,1-3H3/t13-,16-/m0/s1. The van der Waals surface area contributed by atoms with E-state index in [2.05, 4.69) is 25.1 Å². The van der Waals surface area contributed by atoms with Crippen molar-refractivity contribution in [3.05, 3.63) is 33.8 Å².